The molecule has 3 rings (SSSR count). The molecule has 1 aromatic heterocycles. The number of nitrogens with one attached hydrogen (secondary N) is 2. The number of amides is 1. The molecule has 26 heavy (non-hydrogen) atoms. The highest BCUT2D eigenvalue weighted by Gasteiger charge is 2.35. The summed E-state index contributed by atoms with van der Waals surface area (Å²) in [7, 11) is 3.68. The van der Waals surface area contributed by atoms with Crippen molar-refractivity contribution in [3.05, 3.63) is 53.3 Å². The fourth-order valence-corrected chi connectivity index (χ4v) is 4.33. The molecule has 0 saturated heterocycles. The zero-order chi connectivity index (χ0) is 18.6. The topological polar surface area (TPSA) is 59.0 Å². The summed E-state index contributed by atoms with van der Waals surface area (Å²) in [6.45, 7) is 2.87. The number of benzene rings is 1. The summed E-state index contributed by atoms with van der Waals surface area (Å²) in [4.78, 5) is 12.9. The Morgan fingerprint density at radius 2 is 2.00 bits per heavy atom. The van der Waals surface area contributed by atoms with E-state index in [0.29, 0.717) is 6.54 Å². The molecule has 1 unspecified atom stereocenters. The van der Waals surface area contributed by atoms with Gasteiger partial charge in [0, 0.05) is 30.8 Å². The van der Waals surface area contributed by atoms with Crippen LogP contribution in [0.3, 0.4) is 0 Å². The number of carbonyl (C=O) groups is 1. The minimum Gasteiger partial charge on any atom is -0.354 e. The van der Waals surface area contributed by atoms with E-state index >= 15 is 0 Å². The molecule has 1 atom stereocenters. The van der Waals surface area contributed by atoms with Gasteiger partial charge in [0.15, 0.2) is 0 Å². The molecule has 1 saturated carbocycles. The maximum absolute atomic E-state index is 12.9. The Morgan fingerprint density at radius 1 is 1.27 bits per heavy atom. The average Bonchev–Trinajstić information content (AvgIpc) is 3.08. The van der Waals surface area contributed by atoms with E-state index in [4.69, 9.17) is 0 Å². The number of rotatable bonds is 6. The van der Waals surface area contributed by atoms with Gasteiger partial charge in [0.1, 0.15) is 6.04 Å². The fraction of sp³-hybridized carbons (Fsp3) is 0.524. The lowest BCUT2D eigenvalue weighted by Crippen LogP contribution is -2.45. The molecule has 140 valence electrons. The second-order valence-corrected chi connectivity index (χ2v) is 7.54. The number of hydrogen-bond donors (Lipinski definition) is 2. The van der Waals surface area contributed by atoms with Gasteiger partial charge in [-0.15, -0.1) is 0 Å². The molecular formula is C21H30N4O. The average molecular weight is 354 g/mol. The highest BCUT2D eigenvalue weighted by molar-refractivity contribution is 5.83. The molecule has 5 heteroatoms. The summed E-state index contributed by atoms with van der Waals surface area (Å²) < 4.78 is 1.73. The number of hydrogen-bond acceptors (Lipinski definition) is 3. The SMILES string of the molecule is CNC(C(=O)NCC1(c2ccccc2C)CCCCC1)c1cnn(C)c1. The predicted molar refractivity (Wildman–Crippen MR) is 104 cm³/mol. The van der Waals surface area contributed by atoms with Gasteiger partial charge >= 0.3 is 0 Å². The van der Waals surface area contributed by atoms with E-state index in [1.165, 1.54) is 30.4 Å². The second-order valence-electron chi connectivity index (χ2n) is 7.54. The monoisotopic (exact) mass is 354 g/mol. The fourth-order valence-electron chi connectivity index (χ4n) is 4.33. The molecule has 1 aliphatic carbocycles. The predicted octanol–water partition coefficient (Wildman–Crippen LogP) is 3.01. The van der Waals surface area contributed by atoms with Gasteiger partial charge in [-0.3, -0.25) is 9.48 Å². The lowest BCUT2D eigenvalue weighted by molar-refractivity contribution is -0.123. The second kappa shape index (κ2) is 8.04. The van der Waals surface area contributed by atoms with E-state index in [2.05, 4.69) is 46.9 Å². The molecule has 2 aromatic rings. The van der Waals surface area contributed by atoms with Crippen molar-refractivity contribution < 1.29 is 4.79 Å². The highest BCUT2D eigenvalue weighted by atomic mass is 16.2. The molecule has 1 aromatic carbocycles. The normalized spacial score (nSPS) is 17.7. The highest BCUT2D eigenvalue weighted by Crippen LogP contribution is 2.40. The molecule has 1 fully saturated rings. The van der Waals surface area contributed by atoms with Crippen LogP contribution in [0.25, 0.3) is 0 Å². The van der Waals surface area contributed by atoms with Crippen LogP contribution < -0.4 is 10.6 Å². The maximum atomic E-state index is 12.9. The van der Waals surface area contributed by atoms with Crippen LogP contribution in [-0.4, -0.2) is 29.3 Å². The molecule has 1 heterocycles. The van der Waals surface area contributed by atoms with E-state index < -0.39 is 0 Å². The zero-order valence-corrected chi connectivity index (χ0v) is 16.1. The number of nitrogens with zero attached hydrogens (tertiary/aromatic N) is 2. The van der Waals surface area contributed by atoms with E-state index in [1.807, 2.05) is 20.3 Å². The first kappa shape index (κ1) is 18.6. The van der Waals surface area contributed by atoms with Crippen LogP contribution in [0.2, 0.25) is 0 Å². The maximum Gasteiger partial charge on any atom is 0.241 e. The smallest absolute Gasteiger partial charge is 0.241 e. The summed E-state index contributed by atoms with van der Waals surface area (Å²) >= 11 is 0. The van der Waals surface area contributed by atoms with Gasteiger partial charge in [-0.05, 0) is 37.9 Å². The first-order chi connectivity index (χ1) is 12.6. The molecule has 0 bridgehead atoms. The summed E-state index contributed by atoms with van der Waals surface area (Å²) in [6, 6.07) is 8.25. The van der Waals surface area contributed by atoms with Crippen LogP contribution in [0.5, 0.6) is 0 Å². The molecule has 1 aliphatic rings. The third kappa shape index (κ3) is 3.83. The van der Waals surface area contributed by atoms with Crippen LogP contribution >= 0.6 is 0 Å². The minimum atomic E-state index is -0.374. The first-order valence-electron chi connectivity index (χ1n) is 9.55. The van der Waals surface area contributed by atoms with E-state index in [0.717, 1.165) is 18.4 Å². The minimum absolute atomic E-state index is 0.0130. The van der Waals surface area contributed by atoms with Crippen molar-refractivity contribution in [2.45, 2.75) is 50.5 Å². The van der Waals surface area contributed by atoms with Gasteiger partial charge in [0.05, 0.1) is 6.20 Å². The zero-order valence-electron chi connectivity index (χ0n) is 16.1. The van der Waals surface area contributed by atoms with Gasteiger partial charge < -0.3 is 10.6 Å². The number of aryl methyl sites for hydroxylation is 2. The van der Waals surface area contributed by atoms with Crippen molar-refractivity contribution >= 4 is 5.91 Å². The Bertz CT molecular complexity index is 746. The Labute approximate surface area is 156 Å². The van der Waals surface area contributed by atoms with E-state index in [-0.39, 0.29) is 17.4 Å². The summed E-state index contributed by atoms with van der Waals surface area (Å²) in [5, 5.41) is 10.5. The molecular weight excluding hydrogens is 324 g/mol. The van der Waals surface area contributed by atoms with Crippen molar-refractivity contribution in [3.8, 4) is 0 Å². The van der Waals surface area contributed by atoms with Crippen molar-refractivity contribution in [1.29, 1.82) is 0 Å². The Kier molecular flexibility index (Phi) is 5.77. The molecule has 0 spiro atoms. The van der Waals surface area contributed by atoms with E-state index in [9.17, 15) is 4.79 Å². The third-order valence-corrected chi connectivity index (χ3v) is 5.74. The van der Waals surface area contributed by atoms with Crippen molar-refractivity contribution in [2.24, 2.45) is 7.05 Å². The van der Waals surface area contributed by atoms with Crippen LogP contribution in [0.1, 0.15) is 54.8 Å². The quantitative estimate of drug-likeness (QED) is 0.838. The summed E-state index contributed by atoms with van der Waals surface area (Å²) in [5.74, 6) is 0.0130. The number of aromatic nitrogens is 2. The summed E-state index contributed by atoms with van der Waals surface area (Å²) in [6.07, 6.45) is 9.64. The lowest BCUT2D eigenvalue weighted by Gasteiger charge is -2.39. The van der Waals surface area contributed by atoms with Gasteiger partial charge in [0.25, 0.3) is 0 Å². The van der Waals surface area contributed by atoms with Gasteiger partial charge in [-0.2, -0.15) is 5.10 Å². The lowest BCUT2D eigenvalue weighted by atomic mass is 9.68. The molecule has 0 radical (unpaired) electrons. The Morgan fingerprint density at radius 3 is 2.62 bits per heavy atom. The third-order valence-electron chi connectivity index (χ3n) is 5.74. The van der Waals surface area contributed by atoms with Gasteiger partial charge in [-0.25, -0.2) is 0 Å². The largest absolute Gasteiger partial charge is 0.354 e. The molecule has 2 N–H and O–H groups in total. The van der Waals surface area contributed by atoms with Crippen molar-refractivity contribution in [3.63, 3.8) is 0 Å². The molecule has 1 amide bonds. The summed E-state index contributed by atoms with van der Waals surface area (Å²) in [5.41, 5.74) is 3.65. The standard InChI is InChI=1S/C21H30N4O/c1-16-9-5-6-10-18(16)21(11-7-4-8-12-21)15-23-20(26)19(22-2)17-13-24-25(3)14-17/h5-6,9-10,13-14,19,22H,4,7-8,11-12,15H2,1-3H3,(H,23,26). The molecule has 5 nitrogen and oxygen atoms in total. The Balaban J connectivity index is 1.77. The van der Waals surface area contributed by atoms with Crippen LogP contribution in [0, 0.1) is 6.92 Å². The van der Waals surface area contributed by atoms with Crippen molar-refractivity contribution in [2.75, 3.05) is 13.6 Å². The number of likely N-dealkylation sites (N-methyl/N-ethyl adjacent to an activating group) is 1. The van der Waals surface area contributed by atoms with Crippen LogP contribution in [0.4, 0.5) is 0 Å². The van der Waals surface area contributed by atoms with Gasteiger partial charge in [-0.1, -0.05) is 43.5 Å². The first-order valence-corrected chi connectivity index (χ1v) is 9.55. The van der Waals surface area contributed by atoms with Crippen molar-refractivity contribution in [1.82, 2.24) is 20.4 Å². The van der Waals surface area contributed by atoms with Gasteiger partial charge in [0.2, 0.25) is 5.91 Å². The Hall–Kier alpha value is -2.14. The van der Waals surface area contributed by atoms with Crippen LogP contribution in [0.15, 0.2) is 36.7 Å². The molecule has 0 aliphatic heterocycles. The number of carbonyl (C=O) groups excluding carboxylic acids is 1. The van der Waals surface area contributed by atoms with Crippen LogP contribution in [-0.2, 0) is 17.3 Å². The van der Waals surface area contributed by atoms with E-state index in [1.54, 1.807) is 10.9 Å².